The number of anilines is 1. The standard InChI is InChI=1S/C22H16F3N5/c23-22(24,25)19-12-20(30-21(29-19)17-7-10-26-11-8-17)28-13-15-3-5-16(6-4-15)18-2-1-9-27-14-18/h1-12,14H,13H2,(H,28,29,30). The molecule has 3 aromatic heterocycles. The van der Waals surface area contributed by atoms with Gasteiger partial charge in [0.05, 0.1) is 0 Å². The van der Waals surface area contributed by atoms with Gasteiger partial charge in [0.25, 0.3) is 0 Å². The molecule has 0 saturated carbocycles. The van der Waals surface area contributed by atoms with Gasteiger partial charge >= 0.3 is 6.18 Å². The molecular formula is C22H16F3N5. The van der Waals surface area contributed by atoms with Gasteiger partial charge in [-0.05, 0) is 34.9 Å². The maximum atomic E-state index is 13.3. The zero-order valence-corrected chi connectivity index (χ0v) is 15.6. The third-order valence-electron chi connectivity index (χ3n) is 4.38. The molecule has 0 aliphatic heterocycles. The number of hydrogen-bond acceptors (Lipinski definition) is 5. The maximum Gasteiger partial charge on any atom is 0.433 e. The Hall–Kier alpha value is -3.81. The summed E-state index contributed by atoms with van der Waals surface area (Å²) in [7, 11) is 0. The average Bonchev–Trinajstić information content (AvgIpc) is 2.78. The second-order valence-corrected chi connectivity index (χ2v) is 6.49. The number of rotatable bonds is 5. The lowest BCUT2D eigenvalue weighted by Crippen LogP contribution is -2.12. The minimum atomic E-state index is -4.58. The lowest BCUT2D eigenvalue weighted by molar-refractivity contribution is -0.141. The van der Waals surface area contributed by atoms with Crippen LogP contribution < -0.4 is 5.32 Å². The van der Waals surface area contributed by atoms with Crippen LogP contribution in [-0.2, 0) is 12.7 Å². The third-order valence-corrected chi connectivity index (χ3v) is 4.38. The highest BCUT2D eigenvalue weighted by Crippen LogP contribution is 2.30. The van der Waals surface area contributed by atoms with E-state index in [-0.39, 0.29) is 11.6 Å². The van der Waals surface area contributed by atoms with Crippen LogP contribution >= 0.6 is 0 Å². The Morgan fingerprint density at radius 2 is 1.53 bits per heavy atom. The topological polar surface area (TPSA) is 63.6 Å². The number of alkyl halides is 3. The molecule has 1 N–H and O–H groups in total. The van der Waals surface area contributed by atoms with Gasteiger partial charge in [-0.3, -0.25) is 9.97 Å². The molecule has 0 unspecified atom stereocenters. The van der Waals surface area contributed by atoms with Crippen molar-refractivity contribution in [3.8, 4) is 22.5 Å². The monoisotopic (exact) mass is 407 g/mol. The van der Waals surface area contributed by atoms with Gasteiger partial charge in [-0.1, -0.05) is 30.3 Å². The van der Waals surface area contributed by atoms with Crippen molar-refractivity contribution < 1.29 is 13.2 Å². The molecule has 8 heteroatoms. The average molecular weight is 407 g/mol. The third kappa shape index (κ3) is 4.60. The molecule has 4 aromatic rings. The van der Waals surface area contributed by atoms with Crippen LogP contribution in [-0.4, -0.2) is 19.9 Å². The largest absolute Gasteiger partial charge is 0.433 e. The summed E-state index contributed by atoms with van der Waals surface area (Å²) >= 11 is 0. The van der Waals surface area contributed by atoms with Gasteiger partial charge in [0, 0.05) is 43.0 Å². The fourth-order valence-electron chi connectivity index (χ4n) is 2.85. The van der Waals surface area contributed by atoms with Crippen molar-refractivity contribution in [2.45, 2.75) is 12.7 Å². The zero-order valence-electron chi connectivity index (χ0n) is 15.6. The summed E-state index contributed by atoms with van der Waals surface area (Å²) in [6.07, 6.45) is 1.87. The van der Waals surface area contributed by atoms with Crippen LogP contribution in [0.5, 0.6) is 0 Å². The van der Waals surface area contributed by atoms with Crippen molar-refractivity contribution in [1.29, 1.82) is 0 Å². The predicted molar refractivity (Wildman–Crippen MR) is 107 cm³/mol. The highest BCUT2D eigenvalue weighted by atomic mass is 19.4. The zero-order chi connectivity index (χ0) is 21.0. The fraction of sp³-hybridized carbons (Fsp3) is 0.0909. The summed E-state index contributed by atoms with van der Waals surface area (Å²) in [5, 5.41) is 2.96. The lowest BCUT2D eigenvalue weighted by atomic mass is 10.1. The first-order chi connectivity index (χ1) is 14.5. The van der Waals surface area contributed by atoms with E-state index in [0.29, 0.717) is 12.1 Å². The molecule has 30 heavy (non-hydrogen) atoms. The normalized spacial score (nSPS) is 11.3. The second kappa shape index (κ2) is 8.28. The van der Waals surface area contributed by atoms with E-state index in [1.165, 1.54) is 12.4 Å². The Balaban J connectivity index is 1.55. The SMILES string of the molecule is FC(F)(F)c1cc(NCc2ccc(-c3cccnc3)cc2)nc(-c2ccncc2)n1. The molecule has 0 fully saturated rings. The number of nitrogens with zero attached hydrogens (tertiary/aromatic N) is 4. The molecule has 5 nitrogen and oxygen atoms in total. The molecule has 150 valence electrons. The molecule has 4 rings (SSSR count). The molecule has 1 aromatic carbocycles. The molecule has 0 radical (unpaired) electrons. The highest BCUT2D eigenvalue weighted by Gasteiger charge is 2.33. The van der Waals surface area contributed by atoms with E-state index in [4.69, 9.17) is 0 Å². The van der Waals surface area contributed by atoms with Crippen LogP contribution in [0.2, 0.25) is 0 Å². The first-order valence-corrected chi connectivity index (χ1v) is 9.09. The van der Waals surface area contributed by atoms with Gasteiger partial charge in [0.2, 0.25) is 0 Å². The summed E-state index contributed by atoms with van der Waals surface area (Å²) in [6.45, 7) is 0.317. The summed E-state index contributed by atoms with van der Waals surface area (Å²) in [5.41, 5.74) is 2.36. The lowest BCUT2D eigenvalue weighted by Gasteiger charge is -2.12. The molecule has 0 amide bonds. The van der Waals surface area contributed by atoms with E-state index >= 15 is 0 Å². The van der Waals surface area contributed by atoms with Crippen LogP contribution in [0, 0.1) is 0 Å². The molecular weight excluding hydrogens is 391 g/mol. The van der Waals surface area contributed by atoms with Gasteiger partial charge < -0.3 is 5.32 Å². The van der Waals surface area contributed by atoms with Gasteiger partial charge in [0.15, 0.2) is 11.5 Å². The van der Waals surface area contributed by atoms with E-state index in [9.17, 15) is 13.2 Å². The number of aromatic nitrogens is 4. The molecule has 0 atom stereocenters. The van der Waals surface area contributed by atoms with Crippen molar-refractivity contribution in [2.75, 3.05) is 5.32 Å². The number of halogens is 3. The molecule has 3 heterocycles. The predicted octanol–water partition coefficient (Wildman–Crippen LogP) is 5.23. The van der Waals surface area contributed by atoms with Crippen molar-refractivity contribution >= 4 is 5.82 Å². The van der Waals surface area contributed by atoms with E-state index in [0.717, 1.165) is 22.8 Å². The first kappa shape index (κ1) is 19.5. The summed E-state index contributed by atoms with van der Waals surface area (Å²) in [6, 6.07) is 15.6. The van der Waals surface area contributed by atoms with E-state index in [1.54, 1.807) is 24.5 Å². The van der Waals surface area contributed by atoms with Gasteiger partial charge in [-0.2, -0.15) is 13.2 Å². The van der Waals surface area contributed by atoms with Crippen LogP contribution in [0.4, 0.5) is 19.0 Å². The molecule has 0 bridgehead atoms. The minimum absolute atomic E-state index is 0.0124. The van der Waals surface area contributed by atoms with Crippen LogP contribution in [0.15, 0.2) is 79.4 Å². The van der Waals surface area contributed by atoms with E-state index in [1.807, 2.05) is 36.4 Å². The van der Waals surface area contributed by atoms with Gasteiger partial charge in [-0.25, -0.2) is 9.97 Å². The van der Waals surface area contributed by atoms with Gasteiger partial charge in [-0.15, -0.1) is 0 Å². The van der Waals surface area contributed by atoms with Crippen LogP contribution in [0.25, 0.3) is 22.5 Å². The minimum Gasteiger partial charge on any atom is -0.366 e. The maximum absolute atomic E-state index is 13.3. The Kier molecular flexibility index (Phi) is 5.38. The summed E-state index contributed by atoms with van der Waals surface area (Å²) < 4.78 is 39.9. The second-order valence-electron chi connectivity index (χ2n) is 6.49. The van der Waals surface area contributed by atoms with Crippen LogP contribution in [0.1, 0.15) is 11.3 Å². The van der Waals surface area contributed by atoms with E-state index < -0.39 is 11.9 Å². The number of nitrogens with one attached hydrogen (secondary N) is 1. The van der Waals surface area contributed by atoms with Crippen molar-refractivity contribution in [3.05, 3.63) is 90.6 Å². The molecule has 0 aliphatic carbocycles. The van der Waals surface area contributed by atoms with Crippen molar-refractivity contribution in [1.82, 2.24) is 19.9 Å². The Labute approximate surface area is 170 Å². The van der Waals surface area contributed by atoms with Gasteiger partial charge in [0.1, 0.15) is 5.82 Å². The summed E-state index contributed by atoms with van der Waals surface area (Å²) in [4.78, 5) is 15.9. The van der Waals surface area contributed by atoms with Crippen LogP contribution in [0.3, 0.4) is 0 Å². The summed E-state index contributed by atoms with van der Waals surface area (Å²) in [5.74, 6) is 0.0853. The Morgan fingerprint density at radius 1 is 0.767 bits per heavy atom. The Morgan fingerprint density at radius 3 is 2.20 bits per heavy atom. The molecule has 0 aliphatic rings. The smallest absolute Gasteiger partial charge is 0.366 e. The quantitative estimate of drug-likeness (QED) is 0.491. The van der Waals surface area contributed by atoms with Crippen molar-refractivity contribution in [2.24, 2.45) is 0 Å². The molecule has 0 spiro atoms. The highest BCUT2D eigenvalue weighted by molar-refractivity contribution is 5.62. The van der Waals surface area contributed by atoms with E-state index in [2.05, 4.69) is 25.3 Å². The van der Waals surface area contributed by atoms with Crippen molar-refractivity contribution in [3.63, 3.8) is 0 Å². The molecule has 0 saturated heterocycles. The number of hydrogen-bond donors (Lipinski definition) is 1. The number of benzene rings is 1. The first-order valence-electron chi connectivity index (χ1n) is 9.09. The Bertz CT molecular complexity index is 1120. The fourth-order valence-corrected chi connectivity index (χ4v) is 2.85. The number of pyridine rings is 2.